The molecule has 5 nitrogen and oxygen atoms in total. The Labute approximate surface area is 82.9 Å². The average molecular weight is 194 g/mol. The molecule has 1 aliphatic heterocycles. The van der Waals surface area contributed by atoms with E-state index in [1.54, 1.807) is 19.5 Å². The third kappa shape index (κ3) is 1.63. The van der Waals surface area contributed by atoms with Crippen LogP contribution in [0.1, 0.15) is 0 Å². The lowest BCUT2D eigenvalue weighted by Gasteiger charge is -2.39. The minimum absolute atomic E-state index is 0.554. The molecule has 0 atom stereocenters. The van der Waals surface area contributed by atoms with E-state index in [-0.39, 0.29) is 0 Å². The predicted molar refractivity (Wildman–Crippen MR) is 53.3 cm³/mol. The van der Waals surface area contributed by atoms with Crippen LogP contribution in [0.2, 0.25) is 0 Å². The second-order valence-electron chi connectivity index (χ2n) is 3.43. The first-order valence-electron chi connectivity index (χ1n) is 4.64. The number of nitrogens with two attached hydrogens (primary N) is 1. The van der Waals surface area contributed by atoms with Gasteiger partial charge < -0.3 is 15.4 Å². The van der Waals surface area contributed by atoms with Gasteiger partial charge in [-0.2, -0.15) is 4.98 Å². The summed E-state index contributed by atoms with van der Waals surface area (Å²) in [6.07, 6.45) is 3.35. The molecule has 1 aromatic rings. The standard InChI is InChI=1S/C9H14N4O/c1-14-9-4-11-3-8(12-9)13-5-7(2-10)6-13/h3-4,7H,2,5-6,10H2,1H3. The van der Waals surface area contributed by atoms with Gasteiger partial charge in [-0.25, -0.2) is 0 Å². The van der Waals surface area contributed by atoms with E-state index < -0.39 is 0 Å². The van der Waals surface area contributed by atoms with Crippen molar-refractivity contribution >= 4 is 5.82 Å². The normalized spacial score (nSPS) is 16.6. The Bertz CT molecular complexity index is 311. The molecule has 0 unspecified atom stereocenters. The van der Waals surface area contributed by atoms with E-state index in [9.17, 15) is 0 Å². The van der Waals surface area contributed by atoms with Crippen molar-refractivity contribution in [2.45, 2.75) is 0 Å². The number of methoxy groups -OCH3 is 1. The molecule has 0 aliphatic carbocycles. The number of ether oxygens (including phenoxy) is 1. The maximum Gasteiger partial charge on any atom is 0.233 e. The molecule has 0 spiro atoms. The van der Waals surface area contributed by atoms with E-state index in [2.05, 4.69) is 14.9 Å². The summed E-state index contributed by atoms with van der Waals surface area (Å²) < 4.78 is 5.00. The molecule has 14 heavy (non-hydrogen) atoms. The molecule has 5 heteroatoms. The van der Waals surface area contributed by atoms with E-state index in [1.165, 1.54) is 0 Å². The third-order valence-corrected chi connectivity index (χ3v) is 2.42. The van der Waals surface area contributed by atoms with Crippen LogP contribution >= 0.6 is 0 Å². The fourth-order valence-corrected chi connectivity index (χ4v) is 1.50. The highest BCUT2D eigenvalue weighted by Crippen LogP contribution is 2.22. The summed E-state index contributed by atoms with van der Waals surface area (Å²) in [4.78, 5) is 10.5. The number of hydrogen-bond acceptors (Lipinski definition) is 5. The van der Waals surface area contributed by atoms with E-state index in [1.807, 2.05) is 0 Å². The molecule has 0 aromatic carbocycles. The first-order chi connectivity index (χ1) is 6.83. The first kappa shape index (κ1) is 9.21. The van der Waals surface area contributed by atoms with E-state index in [4.69, 9.17) is 10.5 Å². The largest absolute Gasteiger partial charge is 0.480 e. The van der Waals surface area contributed by atoms with Gasteiger partial charge in [0.25, 0.3) is 0 Å². The quantitative estimate of drug-likeness (QED) is 0.726. The Morgan fingerprint density at radius 2 is 2.36 bits per heavy atom. The molecule has 2 N–H and O–H groups in total. The van der Waals surface area contributed by atoms with Gasteiger partial charge in [-0.1, -0.05) is 0 Å². The van der Waals surface area contributed by atoms with Crippen LogP contribution in [0.3, 0.4) is 0 Å². The van der Waals surface area contributed by atoms with Crippen LogP contribution < -0.4 is 15.4 Å². The Morgan fingerprint density at radius 1 is 1.57 bits per heavy atom. The highest BCUT2D eigenvalue weighted by atomic mass is 16.5. The zero-order chi connectivity index (χ0) is 9.97. The highest BCUT2D eigenvalue weighted by molar-refractivity contribution is 5.40. The monoisotopic (exact) mass is 194 g/mol. The minimum atomic E-state index is 0.554. The Kier molecular flexibility index (Phi) is 2.49. The molecule has 0 radical (unpaired) electrons. The Morgan fingerprint density at radius 3 is 3.00 bits per heavy atom. The molecular formula is C9H14N4O. The van der Waals surface area contributed by atoms with Gasteiger partial charge in [-0.05, 0) is 6.54 Å². The second-order valence-corrected chi connectivity index (χ2v) is 3.43. The number of nitrogens with zero attached hydrogens (tertiary/aromatic N) is 3. The topological polar surface area (TPSA) is 64.3 Å². The Hall–Kier alpha value is -1.36. The van der Waals surface area contributed by atoms with Crippen molar-refractivity contribution in [3.8, 4) is 5.88 Å². The first-order valence-corrected chi connectivity index (χ1v) is 4.64. The van der Waals surface area contributed by atoms with Crippen molar-refractivity contribution in [1.29, 1.82) is 0 Å². The maximum absolute atomic E-state index is 5.54. The Balaban J connectivity index is 2.03. The molecule has 1 fully saturated rings. The zero-order valence-electron chi connectivity index (χ0n) is 8.18. The smallest absolute Gasteiger partial charge is 0.233 e. The lowest BCUT2D eigenvalue weighted by atomic mass is 10.0. The molecular weight excluding hydrogens is 180 g/mol. The van der Waals surface area contributed by atoms with Crippen LogP contribution in [0.5, 0.6) is 5.88 Å². The molecule has 2 rings (SSSR count). The van der Waals surface area contributed by atoms with Crippen molar-refractivity contribution in [1.82, 2.24) is 9.97 Å². The summed E-state index contributed by atoms with van der Waals surface area (Å²) in [6.45, 7) is 2.69. The summed E-state index contributed by atoms with van der Waals surface area (Å²) >= 11 is 0. The molecule has 1 saturated heterocycles. The van der Waals surface area contributed by atoms with E-state index in [0.29, 0.717) is 11.8 Å². The summed E-state index contributed by atoms with van der Waals surface area (Å²) in [5, 5.41) is 0. The van der Waals surface area contributed by atoms with Gasteiger partial charge in [0.2, 0.25) is 5.88 Å². The van der Waals surface area contributed by atoms with Crippen LogP contribution in [-0.2, 0) is 0 Å². The van der Waals surface area contributed by atoms with Crippen molar-refractivity contribution in [3.05, 3.63) is 12.4 Å². The number of anilines is 1. The molecule has 0 amide bonds. The van der Waals surface area contributed by atoms with Crippen LogP contribution in [0.15, 0.2) is 12.4 Å². The average Bonchev–Trinajstić information content (AvgIpc) is 2.17. The molecule has 0 bridgehead atoms. The lowest BCUT2D eigenvalue weighted by Crippen LogP contribution is -2.50. The number of rotatable bonds is 3. The zero-order valence-corrected chi connectivity index (χ0v) is 8.18. The van der Waals surface area contributed by atoms with Gasteiger partial charge in [-0.15, -0.1) is 0 Å². The number of hydrogen-bond donors (Lipinski definition) is 1. The molecule has 76 valence electrons. The van der Waals surface area contributed by atoms with Gasteiger partial charge in [0.1, 0.15) is 0 Å². The van der Waals surface area contributed by atoms with Gasteiger partial charge in [0.15, 0.2) is 5.82 Å². The van der Waals surface area contributed by atoms with Gasteiger partial charge >= 0.3 is 0 Å². The SMILES string of the molecule is COc1cncc(N2CC(CN)C2)n1. The summed E-state index contributed by atoms with van der Waals surface area (Å²) in [6, 6.07) is 0. The number of aromatic nitrogens is 2. The summed E-state index contributed by atoms with van der Waals surface area (Å²) in [5.41, 5.74) is 5.54. The fourth-order valence-electron chi connectivity index (χ4n) is 1.50. The van der Waals surface area contributed by atoms with Crippen molar-refractivity contribution in [3.63, 3.8) is 0 Å². The lowest BCUT2D eigenvalue weighted by molar-refractivity contribution is 0.387. The van der Waals surface area contributed by atoms with Crippen LogP contribution in [0, 0.1) is 5.92 Å². The molecule has 1 aliphatic rings. The summed E-state index contributed by atoms with van der Waals surface area (Å²) in [5.74, 6) is 2.02. The molecule has 2 heterocycles. The van der Waals surface area contributed by atoms with E-state index >= 15 is 0 Å². The van der Waals surface area contributed by atoms with Crippen LogP contribution in [-0.4, -0.2) is 36.7 Å². The van der Waals surface area contributed by atoms with Crippen LogP contribution in [0.4, 0.5) is 5.82 Å². The van der Waals surface area contributed by atoms with Crippen molar-refractivity contribution in [2.24, 2.45) is 11.7 Å². The van der Waals surface area contributed by atoms with Crippen LogP contribution in [0.25, 0.3) is 0 Å². The molecule has 0 saturated carbocycles. The minimum Gasteiger partial charge on any atom is -0.480 e. The molecule has 1 aromatic heterocycles. The second kappa shape index (κ2) is 3.79. The maximum atomic E-state index is 5.54. The van der Waals surface area contributed by atoms with E-state index in [0.717, 1.165) is 25.5 Å². The predicted octanol–water partition coefficient (Wildman–Crippen LogP) is -0.120. The third-order valence-electron chi connectivity index (χ3n) is 2.42. The highest BCUT2D eigenvalue weighted by Gasteiger charge is 2.26. The summed E-state index contributed by atoms with van der Waals surface area (Å²) in [7, 11) is 1.59. The van der Waals surface area contributed by atoms with Gasteiger partial charge in [-0.3, -0.25) is 4.98 Å². The fraction of sp³-hybridized carbons (Fsp3) is 0.556. The van der Waals surface area contributed by atoms with Gasteiger partial charge in [0, 0.05) is 19.0 Å². The van der Waals surface area contributed by atoms with Crippen molar-refractivity contribution < 1.29 is 4.74 Å². The van der Waals surface area contributed by atoms with Gasteiger partial charge in [0.05, 0.1) is 19.5 Å². The van der Waals surface area contributed by atoms with Crippen molar-refractivity contribution in [2.75, 3.05) is 31.6 Å².